The van der Waals surface area contributed by atoms with E-state index in [0.717, 1.165) is 4.90 Å². The molecule has 3 rings (SSSR count). The second-order valence-electron chi connectivity index (χ2n) is 5.78. The Labute approximate surface area is 153 Å². The van der Waals surface area contributed by atoms with Gasteiger partial charge < -0.3 is 4.74 Å². The maximum atomic E-state index is 12.7. The van der Waals surface area contributed by atoms with Crippen molar-refractivity contribution in [3.63, 3.8) is 0 Å². The highest BCUT2D eigenvalue weighted by Gasteiger charge is 2.41. The van der Waals surface area contributed by atoms with Crippen LogP contribution in [0.2, 0.25) is 0 Å². The molecule has 0 radical (unpaired) electrons. The van der Waals surface area contributed by atoms with Crippen molar-refractivity contribution >= 4 is 29.1 Å². The van der Waals surface area contributed by atoms with Crippen LogP contribution in [0.3, 0.4) is 0 Å². The zero-order valence-corrected chi connectivity index (χ0v) is 14.5. The van der Waals surface area contributed by atoms with Crippen molar-refractivity contribution in [1.82, 2.24) is 4.90 Å². The Morgan fingerprint density at radius 2 is 1.81 bits per heavy atom. The quantitative estimate of drug-likeness (QED) is 0.454. The molecule has 9 nitrogen and oxygen atoms in total. The van der Waals surface area contributed by atoms with Crippen LogP contribution in [0.15, 0.2) is 42.5 Å². The Balaban J connectivity index is 1.95. The molecule has 0 unspecified atom stereocenters. The molecule has 9 heteroatoms. The number of ether oxygens (including phenoxy) is 1. The van der Waals surface area contributed by atoms with E-state index in [1.807, 2.05) is 0 Å². The number of methoxy groups -OCH3 is 1. The van der Waals surface area contributed by atoms with Crippen molar-refractivity contribution in [3.05, 3.63) is 63.7 Å². The lowest BCUT2D eigenvalue weighted by atomic mass is 10.1. The van der Waals surface area contributed by atoms with Crippen molar-refractivity contribution in [2.24, 2.45) is 0 Å². The molecule has 2 aromatic carbocycles. The molecule has 1 heterocycles. The van der Waals surface area contributed by atoms with Gasteiger partial charge in [-0.1, -0.05) is 6.07 Å². The fourth-order valence-corrected chi connectivity index (χ4v) is 2.86. The Hall–Kier alpha value is -3.75. The van der Waals surface area contributed by atoms with Gasteiger partial charge in [-0.25, -0.2) is 0 Å². The van der Waals surface area contributed by atoms with Gasteiger partial charge >= 0.3 is 0 Å². The van der Waals surface area contributed by atoms with Gasteiger partial charge in [-0.3, -0.25) is 34.3 Å². The number of nitro groups is 1. The second-order valence-corrected chi connectivity index (χ2v) is 5.78. The SMILES string of the molecule is COc1ccc(N(CN2C(=O)c3cccc([N+](=O)[O-])c3C2=O)C(C)=O)cc1. The third-order valence-corrected chi connectivity index (χ3v) is 4.22. The smallest absolute Gasteiger partial charge is 0.282 e. The average molecular weight is 369 g/mol. The van der Waals surface area contributed by atoms with Gasteiger partial charge in [-0.05, 0) is 30.3 Å². The van der Waals surface area contributed by atoms with Crippen molar-refractivity contribution in [2.45, 2.75) is 6.92 Å². The van der Waals surface area contributed by atoms with E-state index in [2.05, 4.69) is 0 Å². The molecule has 0 spiro atoms. The van der Waals surface area contributed by atoms with Crippen LogP contribution in [-0.4, -0.2) is 41.3 Å². The number of fused-ring (bicyclic) bond motifs is 1. The number of nitro benzene ring substituents is 1. The predicted octanol–water partition coefficient (Wildman–Crippen LogP) is 2.21. The minimum Gasteiger partial charge on any atom is -0.497 e. The molecule has 0 saturated carbocycles. The molecule has 3 amide bonds. The summed E-state index contributed by atoms with van der Waals surface area (Å²) < 4.78 is 5.07. The average Bonchev–Trinajstić information content (AvgIpc) is 2.90. The monoisotopic (exact) mass is 369 g/mol. The van der Waals surface area contributed by atoms with Crippen molar-refractivity contribution in [2.75, 3.05) is 18.7 Å². The predicted molar refractivity (Wildman–Crippen MR) is 94.6 cm³/mol. The highest BCUT2D eigenvalue weighted by Crippen LogP contribution is 2.31. The van der Waals surface area contributed by atoms with E-state index in [0.29, 0.717) is 11.4 Å². The summed E-state index contributed by atoms with van der Waals surface area (Å²) in [6.07, 6.45) is 0. The summed E-state index contributed by atoms with van der Waals surface area (Å²) in [5.41, 5.74) is -0.292. The first-order valence-corrected chi connectivity index (χ1v) is 7.91. The van der Waals surface area contributed by atoms with Crippen LogP contribution >= 0.6 is 0 Å². The summed E-state index contributed by atoms with van der Waals surface area (Å²) in [5, 5.41) is 11.2. The molecular weight excluding hydrogens is 354 g/mol. The summed E-state index contributed by atoms with van der Waals surface area (Å²) in [6.45, 7) is 0.940. The van der Waals surface area contributed by atoms with E-state index >= 15 is 0 Å². The molecule has 0 atom stereocenters. The van der Waals surface area contributed by atoms with Crippen molar-refractivity contribution in [1.29, 1.82) is 0 Å². The number of benzene rings is 2. The third-order valence-electron chi connectivity index (χ3n) is 4.22. The van der Waals surface area contributed by atoms with Crippen LogP contribution in [0.1, 0.15) is 27.6 Å². The Morgan fingerprint density at radius 3 is 2.37 bits per heavy atom. The van der Waals surface area contributed by atoms with E-state index < -0.39 is 28.3 Å². The molecule has 2 aromatic rings. The molecule has 1 aliphatic rings. The molecule has 138 valence electrons. The molecule has 0 aromatic heterocycles. The second kappa shape index (κ2) is 6.87. The van der Waals surface area contributed by atoms with Gasteiger partial charge in [-0.15, -0.1) is 0 Å². The van der Waals surface area contributed by atoms with Crippen LogP contribution < -0.4 is 9.64 Å². The number of hydrogen-bond donors (Lipinski definition) is 0. The zero-order valence-electron chi connectivity index (χ0n) is 14.5. The molecule has 0 fully saturated rings. The number of carbonyl (C=O) groups is 3. The molecule has 0 saturated heterocycles. The number of anilines is 1. The number of nitrogens with zero attached hydrogens (tertiary/aromatic N) is 3. The molecule has 0 aliphatic carbocycles. The van der Waals surface area contributed by atoms with Gasteiger partial charge in [0.2, 0.25) is 5.91 Å². The van der Waals surface area contributed by atoms with Gasteiger partial charge in [0.1, 0.15) is 18.0 Å². The largest absolute Gasteiger partial charge is 0.497 e. The lowest BCUT2D eigenvalue weighted by Gasteiger charge is -2.26. The summed E-state index contributed by atoms with van der Waals surface area (Å²) >= 11 is 0. The number of imide groups is 1. The summed E-state index contributed by atoms with van der Waals surface area (Å²) in [7, 11) is 1.50. The van der Waals surface area contributed by atoms with Gasteiger partial charge in [0.05, 0.1) is 17.6 Å². The van der Waals surface area contributed by atoms with Crippen LogP contribution in [0.25, 0.3) is 0 Å². The lowest BCUT2D eigenvalue weighted by molar-refractivity contribution is -0.385. The first kappa shape index (κ1) is 18.1. The number of rotatable bonds is 5. The van der Waals surface area contributed by atoms with Crippen LogP contribution in [-0.2, 0) is 4.79 Å². The maximum Gasteiger partial charge on any atom is 0.282 e. The molecule has 1 aliphatic heterocycles. The standard InChI is InChI=1S/C18H15N3O6/c1-11(22)19(12-6-8-13(27-2)9-7-12)10-20-17(23)14-4-3-5-15(21(25)26)16(14)18(20)24/h3-9H,10H2,1-2H3. The fraction of sp³-hybridized carbons (Fsp3) is 0.167. The number of carbonyl (C=O) groups excluding carboxylic acids is 3. The van der Waals surface area contributed by atoms with E-state index in [1.165, 1.54) is 37.1 Å². The summed E-state index contributed by atoms with van der Waals surface area (Å²) in [5.74, 6) is -1.30. The molecule has 27 heavy (non-hydrogen) atoms. The highest BCUT2D eigenvalue weighted by atomic mass is 16.6. The van der Waals surface area contributed by atoms with Gasteiger partial charge in [0, 0.05) is 18.7 Å². The first-order chi connectivity index (χ1) is 12.8. The molecule has 0 bridgehead atoms. The highest BCUT2D eigenvalue weighted by molar-refractivity contribution is 6.23. The maximum absolute atomic E-state index is 12.7. The van der Waals surface area contributed by atoms with E-state index in [9.17, 15) is 24.5 Å². The van der Waals surface area contributed by atoms with E-state index in [1.54, 1.807) is 24.3 Å². The third kappa shape index (κ3) is 3.10. The van der Waals surface area contributed by atoms with Gasteiger partial charge in [0.25, 0.3) is 17.5 Å². The number of hydrogen-bond acceptors (Lipinski definition) is 6. The lowest BCUT2D eigenvalue weighted by Crippen LogP contribution is -2.43. The zero-order chi connectivity index (χ0) is 19.7. The molecular formula is C18H15N3O6. The first-order valence-electron chi connectivity index (χ1n) is 7.91. The minimum atomic E-state index is -0.804. The van der Waals surface area contributed by atoms with Crippen LogP contribution in [0.5, 0.6) is 5.75 Å². The van der Waals surface area contributed by atoms with Gasteiger partial charge in [-0.2, -0.15) is 0 Å². The fourth-order valence-electron chi connectivity index (χ4n) is 2.86. The Bertz CT molecular complexity index is 954. The Kier molecular flexibility index (Phi) is 4.59. The van der Waals surface area contributed by atoms with Crippen molar-refractivity contribution in [3.8, 4) is 5.75 Å². The van der Waals surface area contributed by atoms with Crippen molar-refractivity contribution < 1.29 is 24.0 Å². The normalized spacial score (nSPS) is 12.7. The minimum absolute atomic E-state index is 0.0487. The van der Waals surface area contributed by atoms with Crippen LogP contribution in [0.4, 0.5) is 11.4 Å². The number of amides is 3. The molecule has 0 N–H and O–H groups in total. The topological polar surface area (TPSA) is 110 Å². The van der Waals surface area contributed by atoms with E-state index in [-0.39, 0.29) is 17.8 Å². The van der Waals surface area contributed by atoms with Crippen LogP contribution in [0, 0.1) is 10.1 Å². The van der Waals surface area contributed by atoms with E-state index in [4.69, 9.17) is 4.74 Å². The van der Waals surface area contributed by atoms with Gasteiger partial charge in [0.15, 0.2) is 0 Å². The summed E-state index contributed by atoms with van der Waals surface area (Å²) in [4.78, 5) is 49.9. The Morgan fingerprint density at radius 1 is 1.15 bits per heavy atom. The summed E-state index contributed by atoms with van der Waals surface area (Å²) in [6, 6.07) is 10.4.